The second kappa shape index (κ2) is 8.85. The molecule has 1 heterocycles. The number of carbonyl (C=O) groups is 1. The number of rotatable bonds is 8. The Morgan fingerprint density at radius 2 is 2.04 bits per heavy atom. The third kappa shape index (κ3) is 5.44. The molecule has 1 saturated heterocycles. The molecule has 0 radical (unpaired) electrons. The maximum absolute atomic E-state index is 12.7. The van der Waals surface area contributed by atoms with Crippen molar-refractivity contribution >= 4 is 33.2 Å². The fourth-order valence-corrected chi connectivity index (χ4v) is 5.61. The molecule has 0 unspecified atom stereocenters. The minimum Gasteiger partial charge on any atom is -0.335 e. The van der Waals surface area contributed by atoms with E-state index < -0.39 is 14.8 Å². The van der Waals surface area contributed by atoms with E-state index >= 15 is 0 Å². The number of nitrogens with zero attached hydrogens (tertiary/aromatic N) is 2. The molecule has 0 aliphatic carbocycles. The first-order valence-corrected chi connectivity index (χ1v) is 11.5. The highest BCUT2D eigenvalue weighted by Gasteiger charge is 2.36. The lowest BCUT2D eigenvalue weighted by Gasteiger charge is -2.33. The molecule has 144 valence electrons. The van der Waals surface area contributed by atoms with Crippen LogP contribution < -0.4 is 0 Å². The summed E-state index contributed by atoms with van der Waals surface area (Å²) in [4.78, 5) is 24.7. The van der Waals surface area contributed by atoms with Crippen LogP contribution in [0.1, 0.15) is 32.3 Å². The van der Waals surface area contributed by atoms with Gasteiger partial charge < -0.3 is 4.90 Å². The van der Waals surface area contributed by atoms with Crippen molar-refractivity contribution in [3.05, 3.63) is 39.9 Å². The minimum atomic E-state index is -3.05. The molecule has 0 bridgehead atoms. The van der Waals surface area contributed by atoms with Gasteiger partial charge in [0, 0.05) is 30.0 Å². The van der Waals surface area contributed by atoms with Gasteiger partial charge in [0.05, 0.1) is 22.2 Å². The fourth-order valence-electron chi connectivity index (χ4n) is 3.05. The predicted octanol–water partition coefficient (Wildman–Crippen LogP) is 2.64. The van der Waals surface area contributed by atoms with Crippen molar-refractivity contribution in [2.24, 2.45) is 0 Å². The van der Waals surface area contributed by atoms with Crippen molar-refractivity contribution in [3.8, 4) is 0 Å². The van der Waals surface area contributed by atoms with Crippen molar-refractivity contribution in [2.75, 3.05) is 17.3 Å². The second-order valence-corrected chi connectivity index (χ2v) is 9.75. The molecule has 1 amide bonds. The lowest BCUT2D eigenvalue weighted by molar-refractivity contribution is -0.384. The monoisotopic (exact) mass is 400 g/mol. The molecule has 0 aromatic heterocycles. The van der Waals surface area contributed by atoms with Crippen LogP contribution in [0.3, 0.4) is 0 Å². The summed E-state index contributed by atoms with van der Waals surface area (Å²) in [6.45, 7) is 3.93. The average Bonchev–Trinajstić information content (AvgIpc) is 2.94. The summed E-state index contributed by atoms with van der Waals surface area (Å²) in [5, 5.41) is 10.7. The molecule has 1 aliphatic rings. The van der Waals surface area contributed by atoms with Gasteiger partial charge in [0.25, 0.3) is 5.69 Å². The number of nitro benzene ring substituents is 1. The number of nitro groups is 1. The molecule has 1 fully saturated rings. The lowest BCUT2D eigenvalue weighted by atomic mass is 10.1. The number of amides is 1. The first-order chi connectivity index (χ1) is 12.2. The van der Waals surface area contributed by atoms with E-state index in [-0.39, 0.29) is 40.9 Å². The van der Waals surface area contributed by atoms with Gasteiger partial charge in [-0.05, 0) is 25.3 Å². The summed E-state index contributed by atoms with van der Waals surface area (Å²) >= 11 is 1.43. The van der Waals surface area contributed by atoms with Gasteiger partial charge in [0.15, 0.2) is 9.84 Å². The van der Waals surface area contributed by atoms with Crippen LogP contribution in [0.5, 0.6) is 0 Å². The molecule has 9 heteroatoms. The highest BCUT2D eigenvalue weighted by Crippen LogP contribution is 2.23. The van der Waals surface area contributed by atoms with Crippen LogP contribution in [0.15, 0.2) is 24.3 Å². The summed E-state index contributed by atoms with van der Waals surface area (Å²) in [5.41, 5.74) is 0.951. The van der Waals surface area contributed by atoms with Crippen LogP contribution >= 0.6 is 11.8 Å². The van der Waals surface area contributed by atoms with Crippen molar-refractivity contribution in [3.63, 3.8) is 0 Å². The number of hydrogen-bond donors (Lipinski definition) is 0. The number of hydrogen-bond acceptors (Lipinski definition) is 6. The van der Waals surface area contributed by atoms with Gasteiger partial charge in [0.1, 0.15) is 0 Å². The maximum atomic E-state index is 12.7. The van der Waals surface area contributed by atoms with E-state index in [1.807, 2.05) is 13.8 Å². The van der Waals surface area contributed by atoms with Crippen molar-refractivity contribution < 1.29 is 18.1 Å². The average molecular weight is 401 g/mol. The van der Waals surface area contributed by atoms with E-state index in [0.29, 0.717) is 12.2 Å². The highest BCUT2D eigenvalue weighted by molar-refractivity contribution is 7.99. The molecule has 1 aromatic carbocycles. The highest BCUT2D eigenvalue weighted by atomic mass is 32.2. The van der Waals surface area contributed by atoms with Crippen LogP contribution in [0.25, 0.3) is 0 Å². The number of non-ortho nitro benzene ring substituents is 1. The van der Waals surface area contributed by atoms with Crippen molar-refractivity contribution in [1.29, 1.82) is 0 Å². The molecular formula is C17H24N2O5S2. The third-order valence-corrected chi connectivity index (χ3v) is 7.34. The van der Waals surface area contributed by atoms with Crippen LogP contribution in [-0.2, 0) is 20.4 Å². The molecule has 1 aromatic rings. The van der Waals surface area contributed by atoms with E-state index in [1.54, 1.807) is 17.0 Å². The SMILES string of the molecule is CC[C@H](C)N(C(=O)CSCc1ccc([N+](=O)[O-])cc1)[C@@H]1CCS(=O)(=O)C1. The zero-order chi connectivity index (χ0) is 19.3. The molecular weight excluding hydrogens is 376 g/mol. The predicted molar refractivity (Wildman–Crippen MR) is 103 cm³/mol. The largest absolute Gasteiger partial charge is 0.335 e. The van der Waals surface area contributed by atoms with E-state index in [4.69, 9.17) is 0 Å². The zero-order valence-electron chi connectivity index (χ0n) is 15.0. The Morgan fingerprint density at radius 1 is 1.38 bits per heavy atom. The normalized spacial score (nSPS) is 19.8. The molecule has 1 aliphatic heterocycles. The standard InChI is InChI=1S/C17H24N2O5S2/c1-3-13(2)18(16-8-9-26(23,24)12-16)17(20)11-25-10-14-4-6-15(7-5-14)19(21)22/h4-7,13,16H,3,8-12H2,1-2H3/t13-,16+/m0/s1. The van der Waals surface area contributed by atoms with Crippen molar-refractivity contribution in [2.45, 2.75) is 44.5 Å². The number of thioether (sulfide) groups is 1. The Hall–Kier alpha value is -1.61. The summed E-state index contributed by atoms with van der Waals surface area (Å²) in [5.74, 6) is 0.983. The first kappa shape index (κ1) is 20.7. The lowest BCUT2D eigenvalue weighted by Crippen LogP contribution is -2.47. The van der Waals surface area contributed by atoms with Crippen molar-refractivity contribution in [1.82, 2.24) is 4.90 Å². The molecule has 0 saturated carbocycles. The molecule has 2 rings (SSSR count). The molecule has 26 heavy (non-hydrogen) atoms. The van der Waals surface area contributed by atoms with E-state index in [9.17, 15) is 23.3 Å². The fraction of sp³-hybridized carbons (Fsp3) is 0.588. The Kier molecular flexibility index (Phi) is 7.05. The van der Waals surface area contributed by atoms with Crippen LogP contribution in [0.4, 0.5) is 5.69 Å². The minimum absolute atomic E-state index is 0.000717. The number of benzene rings is 1. The van der Waals surface area contributed by atoms with Gasteiger partial charge in [0.2, 0.25) is 5.91 Å². The first-order valence-electron chi connectivity index (χ1n) is 8.56. The summed E-state index contributed by atoms with van der Waals surface area (Å²) in [6, 6.07) is 6.04. The zero-order valence-corrected chi connectivity index (χ0v) is 16.6. The quantitative estimate of drug-likeness (QED) is 0.491. The molecule has 0 N–H and O–H groups in total. The van der Waals surface area contributed by atoms with E-state index in [0.717, 1.165) is 12.0 Å². The number of sulfone groups is 1. The smallest absolute Gasteiger partial charge is 0.269 e. The maximum Gasteiger partial charge on any atom is 0.269 e. The topological polar surface area (TPSA) is 97.6 Å². The van der Waals surface area contributed by atoms with Crippen LogP contribution in [0, 0.1) is 10.1 Å². The van der Waals surface area contributed by atoms with Gasteiger partial charge in [-0.3, -0.25) is 14.9 Å². The van der Waals surface area contributed by atoms with Gasteiger partial charge in [-0.25, -0.2) is 8.42 Å². The van der Waals surface area contributed by atoms with E-state index in [1.165, 1.54) is 23.9 Å². The summed E-state index contributed by atoms with van der Waals surface area (Å²) < 4.78 is 23.5. The van der Waals surface area contributed by atoms with Gasteiger partial charge >= 0.3 is 0 Å². The van der Waals surface area contributed by atoms with Gasteiger partial charge in [-0.2, -0.15) is 0 Å². The Morgan fingerprint density at radius 3 is 2.54 bits per heavy atom. The molecule has 7 nitrogen and oxygen atoms in total. The molecule has 0 spiro atoms. The van der Waals surface area contributed by atoms with Crippen LogP contribution in [-0.4, -0.2) is 53.5 Å². The molecule has 2 atom stereocenters. The number of carbonyl (C=O) groups excluding carboxylic acids is 1. The van der Waals surface area contributed by atoms with E-state index in [2.05, 4.69) is 0 Å². The van der Waals surface area contributed by atoms with Gasteiger partial charge in [-0.15, -0.1) is 11.8 Å². The summed E-state index contributed by atoms with van der Waals surface area (Å²) in [7, 11) is -3.05. The third-order valence-electron chi connectivity index (χ3n) is 4.60. The second-order valence-electron chi connectivity index (χ2n) is 6.53. The summed E-state index contributed by atoms with van der Waals surface area (Å²) in [6.07, 6.45) is 1.28. The Bertz CT molecular complexity index is 749. The van der Waals surface area contributed by atoms with Crippen LogP contribution in [0.2, 0.25) is 0 Å². The van der Waals surface area contributed by atoms with Gasteiger partial charge in [-0.1, -0.05) is 19.1 Å². The Balaban J connectivity index is 1.93. The Labute approximate surface area is 158 Å².